The first kappa shape index (κ1) is 21.3. The molecule has 2 aromatic heterocycles. The molecule has 8 heteroatoms. The molecule has 1 aromatic carbocycles. The smallest absolute Gasteiger partial charge is 0.280 e. The minimum atomic E-state index is -0.108. The first-order valence-corrected chi connectivity index (χ1v) is 9.56. The first-order chi connectivity index (χ1) is 12.4. The number of aromatic nitrogens is 3. The number of thiazole rings is 1. The number of fused-ring (bicyclic) bond motifs is 1. The number of likely N-dealkylation sites (N-methyl/N-ethyl adjacent to an activating group) is 1. The van der Waals surface area contributed by atoms with E-state index in [2.05, 4.69) is 10.00 Å². The lowest BCUT2D eigenvalue weighted by Crippen LogP contribution is -2.37. The van der Waals surface area contributed by atoms with Gasteiger partial charge in [-0.15, -0.1) is 12.4 Å². The van der Waals surface area contributed by atoms with Crippen LogP contribution in [0.3, 0.4) is 0 Å². The molecular weight excluding hydrogens is 382 g/mol. The SMILES string of the molecule is Cc1cccc2sc(N(CCN(C)C)C(=O)c3ccn(C(C)C)n3)nc12.Cl. The fraction of sp³-hybridized carbons (Fsp3) is 0.421. The van der Waals surface area contributed by atoms with E-state index in [1.54, 1.807) is 27.0 Å². The van der Waals surface area contributed by atoms with Gasteiger partial charge in [0.1, 0.15) is 0 Å². The summed E-state index contributed by atoms with van der Waals surface area (Å²) < 4.78 is 2.90. The lowest BCUT2D eigenvalue weighted by molar-refractivity contribution is 0.0979. The second-order valence-corrected chi connectivity index (χ2v) is 7.96. The third kappa shape index (κ3) is 4.66. The summed E-state index contributed by atoms with van der Waals surface area (Å²) in [4.78, 5) is 21.7. The van der Waals surface area contributed by atoms with Crippen molar-refractivity contribution in [2.45, 2.75) is 26.8 Å². The summed E-state index contributed by atoms with van der Waals surface area (Å²) in [5.74, 6) is -0.108. The summed E-state index contributed by atoms with van der Waals surface area (Å²) in [5, 5.41) is 5.17. The van der Waals surface area contributed by atoms with Crippen molar-refractivity contribution in [1.29, 1.82) is 0 Å². The van der Waals surface area contributed by atoms with Crippen LogP contribution in [0.25, 0.3) is 10.2 Å². The normalized spacial score (nSPS) is 11.2. The molecule has 2 heterocycles. The second-order valence-electron chi connectivity index (χ2n) is 6.95. The molecule has 0 atom stereocenters. The van der Waals surface area contributed by atoms with E-state index >= 15 is 0 Å². The van der Waals surface area contributed by atoms with E-state index in [-0.39, 0.29) is 24.4 Å². The van der Waals surface area contributed by atoms with E-state index in [0.717, 1.165) is 27.5 Å². The maximum absolute atomic E-state index is 13.2. The van der Waals surface area contributed by atoms with Crippen LogP contribution in [0.15, 0.2) is 30.5 Å². The van der Waals surface area contributed by atoms with E-state index in [1.165, 1.54) is 0 Å². The van der Waals surface area contributed by atoms with Crippen molar-refractivity contribution in [3.8, 4) is 0 Å². The fourth-order valence-electron chi connectivity index (χ4n) is 2.65. The zero-order valence-electron chi connectivity index (χ0n) is 16.3. The Morgan fingerprint density at radius 3 is 2.56 bits per heavy atom. The molecule has 0 fully saturated rings. The topological polar surface area (TPSA) is 54.3 Å². The Balaban J connectivity index is 0.00000261. The number of amides is 1. The number of nitrogens with zero attached hydrogens (tertiary/aromatic N) is 5. The lowest BCUT2D eigenvalue weighted by atomic mass is 10.2. The molecular formula is C19H26ClN5OS. The van der Waals surface area contributed by atoms with Gasteiger partial charge in [-0.25, -0.2) is 4.98 Å². The summed E-state index contributed by atoms with van der Waals surface area (Å²) >= 11 is 1.55. The number of hydrogen-bond donors (Lipinski definition) is 0. The van der Waals surface area contributed by atoms with Crippen molar-refractivity contribution in [3.63, 3.8) is 0 Å². The quantitative estimate of drug-likeness (QED) is 0.619. The molecule has 27 heavy (non-hydrogen) atoms. The van der Waals surface area contributed by atoms with Crippen LogP contribution in [0, 0.1) is 6.92 Å². The number of rotatable bonds is 6. The average molecular weight is 408 g/mol. The number of hydrogen-bond acceptors (Lipinski definition) is 5. The van der Waals surface area contributed by atoms with Gasteiger partial charge in [0.2, 0.25) is 0 Å². The van der Waals surface area contributed by atoms with Gasteiger partial charge >= 0.3 is 0 Å². The molecule has 6 nitrogen and oxygen atoms in total. The predicted molar refractivity (Wildman–Crippen MR) is 114 cm³/mol. The van der Waals surface area contributed by atoms with Crippen LogP contribution in [-0.2, 0) is 0 Å². The molecule has 0 saturated carbocycles. The number of carbonyl (C=O) groups excluding carboxylic acids is 1. The van der Waals surface area contributed by atoms with E-state index in [0.29, 0.717) is 12.2 Å². The Morgan fingerprint density at radius 1 is 1.22 bits per heavy atom. The van der Waals surface area contributed by atoms with Gasteiger partial charge in [-0.2, -0.15) is 5.10 Å². The minimum Gasteiger partial charge on any atom is -0.308 e. The highest BCUT2D eigenvalue weighted by Crippen LogP contribution is 2.31. The molecule has 146 valence electrons. The predicted octanol–water partition coefficient (Wildman–Crippen LogP) is 4.01. The van der Waals surface area contributed by atoms with Gasteiger partial charge in [-0.1, -0.05) is 23.5 Å². The van der Waals surface area contributed by atoms with Gasteiger partial charge in [0.05, 0.1) is 10.2 Å². The van der Waals surface area contributed by atoms with Gasteiger partial charge in [0.15, 0.2) is 10.8 Å². The third-order valence-electron chi connectivity index (χ3n) is 4.21. The number of carbonyl (C=O) groups is 1. The molecule has 3 aromatic rings. The van der Waals surface area contributed by atoms with Crippen LogP contribution >= 0.6 is 23.7 Å². The van der Waals surface area contributed by atoms with Crippen molar-refractivity contribution in [1.82, 2.24) is 19.7 Å². The summed E-state index contributed by atoms with van der Waals surface area (Å²) in [7, 11) is 4.00. The van der Waals surface area contributed by atoms with E-state index in [9.17, 15) is 4.79 Å². The maximum atomic E-state index is 13.2. The average Bonchev–Trinajstić information content (AvgIpc) is 3.22. The highest BCUT2D eigenvalue weighted by Gasteiger charge is 2.23. The van der Waals surface area contributed by atoms with Crippen molar-refractivity contribution in [3.05, 3.63) is 41.7 Å². The van der Waals surface area contributed by atoms with Crippen LogP contribution in [0.4, 0.5) is 5.13 Å². The Morgan fingerprint density at radius 2 is 1.96 bits per heavy atom. The van der Waals surface area contributed by atoms with E-state index in [4.69, 9.17) is 4.98 Å². The van der Waals surface area contributed by atoms with E-state index in [1.807, 2.05) is 59.3 Å². The van der Waals surface area contributed by atoms with Gasteiger partial charge in [-0.3, -0.25) is 14.4 Å². The molecule has 0 saturated heterocycles. The van der Waals surface area contributed by atoms with Crippen LogP contribution < -0.4 is 4.90 Å². The van der Waals surface area contributed by atoms with Crippen molar-refractivity contribution >= 4 is 45.0 Å². The molecule has 0 bridgehead atoms. The summed E-state index contributed by atoms with van der Waals surface area (Å²) in [6.45, 7) is 7.45. The molecule has 0 aliphatic heterocycles. The summed E-state index contributed by atoms with van der Waals surface area (Å²) in [6.07, 6.45) is 1.85. The minimum absolute atomic E-state index is 0. The number of benzene rings is 1. The molecule has 0 radical (unpaired) electrons. The van der Waals surface area contributed by atoms with Gasteiger partial charge in [-0.05, 0) is 52.6 Å². The molecule has 0 aliphatic rings. The summed E-state index contributed by atoms with van der Waals surface area (Å²) in [6, 6.07) is 8.12. The Labute approximate surface area is 170 Å². The first-order valence-electron chi connectivity index (χ1n) is 8.74. The molecule has 0 unspecified atom stereocenters. The third-order valence-corrected chi connectivity index (χ3v) is 5.26. The van der Waals surface area contributed by atoms with Crippen molar-refractivity contribution in [2.24, 2.45) is 0 Å². The van der Waals surface area contributed by atoms with Crippen molar-refractivity contribution < 1.29 is 4.79 Å². The van der Waals surface area contributed by atoms with Crippen LogP contribution in [0.1, 0.15) is 35.9 Å². The van der Waals surface area contributed by atoms with Crippen molar-refractivity contribution in [2.75, 3.05) is 32.1 Å². The van der Waals surface area contributed by atoms with Crippen LogP contribution in [0.2, 0.25) is 0 Å². The fourth-order valence-corrected chi connectivity index (χ4v) is 3.72. The van der Waals surface area contributed by atoms with Gasteiger partial charge in [0, 0.05) is 25.3 Å². The molecule has 0 aliphatic carbocycles. The maximum Gasteiger partial charge on any atom is 0.280 e. The summed E-state index contributed by atoms with van der Waals surface area (Å²) in [5.41, 5.74) is 2.53. The number of anilines is 1. The van der Waals surface area contributed by atoms with Crippen LogP contribution in [-0.4, -0.2) is 52.8 Å². The number of para-hydroxylation sites is 1. The Kier molecular flexibility index (Phi) is 6.97. The lowest BCUT2D eigenvalue weighted by Gasteiger charge is -2.21. The zero-order chi connectivity index (χ0) is 18.8. The molecule has 3 rings (SSSR count). The molecule has 0 spiro atoms. The zero-order valence-corrected chi connectivity index (χ0v) is 18.0. The highest BCUT2D eigenvalue weighted by molar-refractivity contribution is 7.22. The standard InChI is InChI=1S/C19H25N5OS.ClH/c1-13(2)24-10-9-15(21-24)18(25)23(12-11-22(4)5)19-20-17-14(3)7-6-8-16(17)26-19;/h6-10,13H,11-12H2,1-5H3;1H. The van der Waals surface area contributed by atoms with Gasteiger partial charge < -0.3 is 4.90 Å². The number of aryl methyl sites for hydroxylation is 1. The van der Waals surface area contributed by atoms with E-state index < -0.39 is 0 Å². The number of halogens is 1. The molecule has 1 amide bonds. The Hall–Kier alpha value is -1.96. The highest BCUT2D eigenvalue weighted by atomic mass is 35.5. The second kappa shape index (κ2) is 8.82. The van der Waals surface area contributed by atoms with Gasteiger partial charge in [0.25, 0.3) is 5.91 Å². The van der Waals surface area contributed by atoms with Crippen LogP contribution in [0.5, 0.6) is 0 Å². The Bertz CT molecular complexity index is 918. The monoisotopic (exact) mass is 407 g/mol. The largest absolute Gasteiger partial charge is 0.308 e. The molecule has 0 N–H and O–H groups in total.